The summed E-state index contributed by atoms with van der Waals surface area (Å²) in [5, 5.41) is 1.31. The molecular formula is C50H42N2. The van der Waals surface area contributed by atoms with Crippen LogP contribution in [0.15, 0.2) is 175 Å². The molecule has 0 saturated heterocycles. The molecule has 0 fully saturated rings. The zero-order valence-corrected chi connectivity index (χ0v) is 29.6. The molecule has 0 saturated carbocycles. The van der Waals surface area contributed by atoms with Gasteiger partial charge in [0.05, 0.1) is 11.2 Å². The van der Waals surface area contributed by atoms with Crippen LogP contribution in [0.4, 0.5) is 5.69 Å². The fourth-order valence-electron chi connectivity index (χ4n) is 8.68. The van der Waals surface area contributed by atoms with Gasteiger partial charge in [-0.25, -0.2) is 0 Å². The molecule has 0 radical (unpaired) electrons. The number of hydrogen-bond donors (Lipinski definition) is 0. The van der Waals surface area contributed by atoms with Gasteiger partial charge in [0, 0.05) is 45.9 Å². The third-order valence-corrected chi connectivity index (χ3v) is 11.5. The van der Waals surface area contributed by atoms with E-state index in [9.17, 15) is 0 Å². The van der Waals surface area contributed by atoms with Gasteiger partial charge in [-0.2, -0.15) is 0 Å². The molecule has 0 bridgehead atoms. The van der Waals surface area contributed by atoms with Gasteiger partial charge in [-0.05, 0) is 114 Å². The summed E-state index contributed by atoms with van der Waals surface area (Å²) in [5.41, 5.74) is 17.0. The number of allylic oxidation sites excluding steroid dienone is 13. The number of benzene rings is 4. The lowest BCUT2D eigenvalue weighted by Gasteiger charge is -2.34. The molecule has 2 heterocycles. The average Bonchev–Trinajstić information content (AvgIpc) is 3.92. The third kappa shape index (κ3) is 5.42. The second-order valence-electron chi connectivity index (χ2n) is 14.7. The Labute approximate surface area is 307 Å². The first-order chi connectivity index (χ1) is 25.7. The quantitative estimate of drug-likeness (QED) is 0.181. The van der Waals surface area contributed by atoms with E-state index in [2.05, 4.69) is 186 Å². The maximum atomic E-state index is 2.54. The number of fused-ring (bicyclic) bond motifs is 6. The molecule has 0 spiro atoms. The van der Waals surface area contributed by atoms with E-state index in [-0.39, 0.29) is 6.04 Å². The minimum Gasteiger partial charge on any atom is -0.335 e. The van der Waals surface area contributed by atoms with Crippen molar-refractivity contribution in [2.24, 2.45) is 11.8 Å². The molecule has 5 aliphatic rings. The lowest BCUT2D eigenvalue weighted by Crippen LogP contribution is -2.32. The van der Waals surface area contributed by atoms with E-state index in [1.807, 2.05) is 0 Å². The fourth-order valence-corrected chi connectivity index (χ4v) is 8.68. The molecule has 1 aromatic heterocycles. The van der Waals surface area contributed by atoms with E-state index < -0.39 is 0 Å². The average molecular weight is 671 g/mol. The predicted octanol–water partition coefficient (Wildman–Crippen LogP) is 12.6. The maximum absolute atomic E-state index is 2.54. The largest absolute Gasteiger partial charge is 0.335 e. The highest BCUT2D eigenvalue weighted by Gasteiger charge is 2.34. The van der Waals surface area contributed by atoms with Crippen LogP contribution in [0.25, 0.3) is 50.5 Å². The number of hydrogen-bond acceptors (Lipinski definition) is 1. The van der Waals surface area contributed by atoms with Crippen LogP contribution in [-0.2, 0) is 6.42 Å². The minimum atomic E-state index is 0.227. The number of rotatable bonds is 5. The first-order valence-corrected chi connectivity index (χ1v) is 18.9. The van der Waals surface area contributed by atoms with E-state index in [4.69, 9.17) is 0 Å². The smallest absolute Gasteiger partial charge is 0.0579 e. The standard InChI is InChI=1S/C50H42N2/c1-34-11-5-2-10-16-42-31-39(22-29-48(42)51(34)43-24-17-37(18-25-43)35-12-6-3-7-13-35)40-23-30-49-47(32-40)45-28-21-41-33-46(41)50(45)52(49)44-26-19-38(20-27-44)36-14-8-4-9-15-36/h2,4-6,8-15,17,19-34,37,41H,3,7,16,18H2,1H3/b10-2-,11-5-/t34?,37?,41-/m0/s1. The molecule has 52 heavy (non-hydrogen) atoms. The molecule has 2 heteroatoms. The van der Waals surface area contributed by atoms with E-state index in [1.165, 1.54) is 78.2 Å². The molecule has 0 N–H and O–H groups in total. The zero-order chi connectivity index (χ0) is 34.6. The van der Waals surface area contributed by atoms with Crippen LogP contribution in [0.2, 0.25) is 0 Å². The van der Waals surface area contributed by atoms with E-state index in [0.29, 0.717) is 11.8 Å². The summed E-state index contributed by atoms with van der Waals surface area (Å²) in [6.45, 7) is 2.31. The second kappa shape index (κ2) is 12.7. The summed E-state index contributed by atoms with van der Waals surface area (Å²) in [5.74, 6) is 0.929. The molecule has 4 aliphatic carbocycles. The Kier molecular flexibility index (Phi) is 7.57. The Bertz CT molecular complexity index is 2470. The molecule has 3 atom stereocenters. The highest BCUT2D eigenvalue weighted by atomic mass is 15.2. The van der Waals surface area contributed by atoms with Crippen molar-refractivity contribution in [1.82, 2.24) is 4.57 Å². The van der Waals surface area contributed by atoms with Gasteiger partial charge in [-0.15, -0.1) is 0 Å². The van der Waals surface area contributed by atoms with Gasteiger partial charge in [-0.3, -0.25) is 0 Å². The molecular weight excluding hydrogens is 629 g/mol. The van der Waals surface area contributed by atoms with Crippen molar-refractivity contribution < 1.29 is 0 Å². The van der Waals surface area contributed by atoms with Crippen LogP contribution in [0, 0.1) is 11.8 Å². The van der Waals surface area contributed by atoms with Crippen LogP contribution in [0.1, 0.15) is 43.0 Å². The minimum absolute atomic E-state index is 0.227. The summed E-state index contributed by atoms with van der Waals surface area (Å²) in [6, 6.07) is 34.1. The first-order valence-electron chi connectivity index (χ1n) is 18.9. The molecule has 10 rings (SSSR count). The maximum Gasteiger partial charge on any atom is 0.0579 e. The fraction of sp³-hybridized carbons (Fsp3) is 0.160. The Balaban J connectivity index is 1.02. The number of nitrogens with zero attached hydrogens (tertiary/aromatic N) is 2. The van der Waals surface area contributed by atoms with Crippen LogP contribution in [0.5, 0.6) is 0 Å². The van der Waals surface area contributed by atoms with Crippen molar-refractivity contribution in [3.05, 3.63) is 192 Å². The Morgan fingerprint density at radius 3 is 2.33 bits per heavy atom. The van der Waals surface area contributed by atoms with Crippen LogP contribution in [-0.4, -0.2) is 10.6 Å². The first kappa shape index (κ1) is 30.9. The second-order valence-corrected chi connectivity index (χ2v) is 14.7. The molecule has 1 aliphatic heterocycles. The van der Waals surface area contributed by atoms with E-state index in [0.717, 1.165) is 25.7 Å². The molecule has 0 amide bonds. The molecule has 2 nitrogen and oxygen atoms in total. The van der Waals surface area contributed by atoms with Gasteiger partial charge >= 0.3 is 0 Å². The van der Waals surface area contributed by atoms with Crippen molar-refractivity contribution >= 4 is 28.2 Å². The van der Waals surface area contributed by atoms with Crippen molar-refractivity contribution in [2.75, 3.05) is 4.90 Å². The summed E-state index contributed by atoms with van der Waals surface area (Å²) in [6.07, 6.45) is 34.7. The van der Waals surface area contributed by atoms with Crippen molar-refractivity contribution in [3.8, 4) is 27.9 Å². The van der Waals surface area contributed by atoms with Crippen molar-refractivity contribution in [3.63, 3.8) is 0 Å². The summed E-state index contributed by atoms with van der Waals surface area (Å²) < 4.78 is 2.48. The SMILES string of the molecule is CC1/C=C\C=C/Cc2cc(-c3ccc4c(c3)c3c(n4-c4ccc(-c5ccccc5)cc4)C4=C[C@@H]4C=C3)ccc2N1C1=CCC(C2=CCCC=C2)C=C1. The highest BCUT2D eigenvalue weighted by Crippen LogP contribution is 2.50. The molecule has 2 unspecified atom stereocenters. The van der Waals surface area contributed by atoms with Crippen LogP contribution < -0.4 is 4.90 Å². The van der Waals surface area contributed by atoms with Crippen molar-refractivity contribution in [1.29, 1.82) is 0 Å². The van der Waals surface area contributed by atoms with Gasteiger partial charge in [0.1, 0.15) is 0 Å². The molecule has 252 valence electrons. The third-order valence-electron chi connectivity index (χ3n) is 11.5. The van der Waals surface area contributed by atoms with Gasteiger partial charge in [0.15, 0.2) is 0 Å². The summed E-state index contributed by atoms with van der Waals surface area (Å²) in [4.78, 5) is 2.54. The number of anilines is 1. The lowest BCUT2D eigenvalue weighted by molar-refractivity contribution is 0.743. The van der Waals surface area contributed by atoms with Crippen LogP contribution in [0.3, 0.4) is 0 Å². The molecule has 4 aromatic carbocycles. The number of aromatic nitrogens is 1. The summed E-state index contributed by atoms with van der Waals surface area (Å²) >= 11 is 0. The lowest BCUT2D eigenvalue weighted by atomic mass is 9.88. The Hall–Kier alpha value is -5.86. The van der Waals surface area contributed by atoms with Crippen molar-refractivity contribution in [2.45, 2.75) is 38.6 Å². The Morgan fingerprint density at radius 2 is 1.50 bits per heavy atom. The zero-order valence-electron chi connectivity index (χ0n) is 29.6. The van der Waals surface area contributed by atoms with Gasteiger partial charge in [0.25, 0.3) is 0 Å². The summed E-state index contributed by atoms with van der Waals surface area (Å²) in [7, 11) is 0. The van der Waals surface area contributed by atoms with E-state index >= 15 is 0 Å². The Morgan fingerprint density at radius 1 is 0.673 bits per heavy atom. The topological polar surface area (TPSA) is 8.17 Å². The van der Waals surface area contributed by atoms with Gasteiger partial charge in [0.2, 0.25) is 0 Å². The van der Waals surface area contributed by atoms with Gasteiger partial charge < -0.3 is 9.47 Å². The highest BCUT2D eigenvalue weighted by molar-refractivity contribution is 6.04. The van der Waals surface area contributed by atoms with Crippen LogP contribution >= 0.6 is 0 Å². The predicted molar refractivity (Wildman–Crippen MR) is 220 cm³/mol. The van der Waals surface area contributed by atoms with E-state index in [1.54, 1.807) is 0 Å². The monoisotopic (exact) mass is 670 g/mol. The normalized spacial score (nSPS) is 22.6. The van der Waals surface area contributed by atoms with Gasteiger partial charge in [-0.1, -0.05) is 128 Å². The molecule has 5 aromatic rings.